The standard InChI is InChI=1S/C21H24Cl2FNO/c22-19-9-6-16(12-20(19)23)18(21(26)10-2-1-3-11-21)14-25-13-15-4-7-17(24)8-5-15/h4-9,12,18,25-26H,1-3,10-11,13-14H2. The maximum absolute atomic E-state index is 13.0. The molecule has 0 saturated heterocycles. The highest BCUT2D eigenvalue weighted by atomic mass is 35.5. The van der Waals surface area contributed by atoms with Gasteiger partial charge in [-0.05, 0) is 48.2 Å². The molecule has 0 spiro atoms. The van der Waals surface area contributed by atoms with Gasteiger partial charge in [-0.3, -0.25) is 0 Å². The van der Waals surface area contributed by atoms with Gasteiger partial charge in [0.1, 0.15) is 5.82 Å². The molecule has 3 rings (SSSR count). The van der Waals surface area contributed by atoms with E-state index in [-0.39, 0.29) is 11.7 Å². The predicted octanol–water partition coefficient (Wildman–Crippen LogP) is 5.70. The largest absolute Gasteiger partial charge is 0.389 e. The first-order valence-electron chi connectivity index (χ1n) is 9.10. The van der Waals surface area contributed by atoms with Crippen molar-refractivity contribution in [2.24, 2.45) is 0 Å². The molecule has 2 N–H and O–H groups in total. The van der Waals surface area contributed by atoms with Gasteiger partial charge >= 0.3 is 0 Å². The monoisotopic (exact) mass is 395 g/mol. The van der Waals surface area contributed by atoms with Crippen molar-refractivity contribution in [2.75, 3.05) is 6.54 Å². The van der Waals surface area contributed by atoms with E-state index in [1.165, 1.54) is 18.6 Å². The molecule has 0 amide bonds. The molecule has 5 heteroatoms. The van der Waals surface area contributed by atoms with Crippen LogP contribution >= 0.6 is 23.2 Å². The van der Waals surface area contributed by atoms with Crippen LogP contribution in [0.1, 0.15) is 49.1 Å². The lowest BCUT2D eigenvalue weighted by Gasteiger charge is -2.40. The van der Waals surface area contributed by atoms with Crippen LogP contribution in [0.2, 0.25) is 10.0 Å². The molecule has 2 aromatic carbocycles. The second-order valence-corrected chi connectivity index (χ2v) is 7.96. The number of hydrogen-bond acceptors (Lipinski definition) is 2. The van der Waals surface area contributed by atoms with Crippen molar-refractivity contribution in [3.8, 4) is 0 Å². The summed E-state index contributed by atoms with van der Waals surface area (Å²) in [4.78, 5) is 0. The highest BCUT2D eigenvalue weighted by molar-refractivity contribution is 6.42. The van der Waals surface area contributed by atoms with Gasteiger partial charge in [-0.2, -0.15) is 0 Å². The van der Waals surface area contributed by atoms with Crippen LogP contribution in [0.15, 0.2) is 42.5 Å². The van der Waals surface area contributed by atoms with Crippen molar-refractivity contribution in [2.45, 2.75) is 50.2 Å². The van der Waals surface area contributed by atoms with Crippen molar-refractivity contribution in [1.82, 2.24) is 5.32 Å². The Labute approximate surface area is 164 Å². The Balaban J connectivity index is 1.76. The first-order chi connectivity index (χ1) is 12.5. The van der Waals surface area contributed by atoms with Crippen molar-refractivity contribution in [3.63, 3.8) is 0 Å². The fourth-order valence-corrected chi connectivity index (χ4v) is 4.13. The zero-order valence-electron chi connectivity index (χ0n) is 14.6. The van der Waals surface area contributed by atoms with Crippen LogP contribution in [0.3, 0.4) is 0 Å². The molecule has 2 nitrogen and oxygen atoms in total. The van der Waals surface area contributed by atoms with Gasteiger partial charge in [0.2, 0.25) is 0 Å². The van der Waals surface area contributed by atoms with Gasteiger partial charge < -0.3 is 10.4 Å². The number of nitrogens with one attached hydrogen (secondary N) is 1. The lowest BCUT2D eigenvalue weighted by atomic mass is 9.72. The molecule has 1 fully saturated rings. The van der Waals surface area contributed by atoms with Crippen LogP contribution in [0.5, 0.6) is 0 Å². The van der Waals surface area contributed by atoms with E-state index in [0.29, 0.717) is 23.1 Å². The van der Waals surface area contributed by atoms with Gasteiger partial charge in [0, 0.05) is 19.0 Å². The van der Waals surface area contributed by atoms with Crippen molar-refractivity contribution in [3.05, 3.63) is 69.5 Å². The summed E-state index contributed by atoms with van der Waals surface area (Å²) in [6, 6.07) is 12.1. The Bertz CT molecular complexity index is 729. The quantitative estimate of drug-likeness (QED) is 0.657. The van der Waals surface area contributed by atoms with Gasteiger partial charge in [0.15, 0.2) is 0 Å². The van der Waals surface area contributed by atoms with Crippen LogP contribution in [-0.2, 0) is 6.54 Å². The molecule has 0 bridgehead atoms. The van der Waals surface area contributed by atoms with E-state index in [4.69, 9.17) is 23.2 Å². The molecular formula is C21H24Cl2FNO. The molecule has 0 aliphatic heterocycles. The van der Waals surface area contributed by atoms with Crippen LogP contribution < -0.4 is 5.32 Å². The molecule has 0 aromatic heterocycles. The molecule has 1 saturated carbocycles. The zero-order valence-corrected chi connectivity index (χ0v) is 16.2. The van der Waals surface area contributed by atoms with Gasteiger partial charge in [-0.25, -0.2) is 4.39 Å². The van der Waals surface area contributed by atoms with Crippen molar-refractivity contribution in [1.29, 1.82) is 0 Å². The van der Waals surface area contributed by atoms with E-state index in [2.05, 4.69) is 5.32 Å². The smallest absolute Gasteiger partial charge is 0.123 e. The summed E-state index contributed by atoms with van der Waals surface area (Å²) in [7, 11) is 0. The molecule has 1 unspecified atom stereocenters. The van der Waals surface area contributed by atoms with E-state index >= 15 is 0 Å². The van der Waals surface area contributed by atoms with Crippen molar-refractivity contribution >= 4 is 23.2 Å². The third kappa shape index (κ3) is 4.77. The molecule has 0 radical (unpaired) electrons. The fraction of sp³-hybridized carbons (Fsp3) is 0.429. The molecule has 140 valence electrons. The van der Waals surface area contributed by atoms with Crippen LogP contribution in [0.4, 0.5) is 4.39 Å². The van der Waals surface area contributed by atoms with E-state index in [1.807, 2.05) is 12.1 Å². The first kappa shape index (κ1) is 19.6. The average Bonchev–Trinajstić information content (AvgIpc) is 2.63. The normalized spacial score (nSPS) is 17.8. The lowest BCUT2D eigenvalue weighted by Crippen LogP contribution is -2.43. The summed E-state index contributed by atoms with van der Waals surface area (Å²) >= 11 is 12.3. The Morgan fingerprint density at radius 1 is 1.00 bits per heavy atom. The summed E-state index contributed by atoms with van der Waals surface area (Å²) in [5.41, 5.74) is 1.26. The zero-order chi connectivity index (χ0) is 18.6. The molecule has 1 aliphatic rings. The van der Waals surface area contributed by atoms with E-state index in [9.17, 15) is 9.50 Å². The minimum atomic E-state index is -0.745. The summed E-state index contributed by atoms with van der Waals surface area (Å²) in [5.74, 6) is -0.308. The summed E-state index contributed by atoms with van der Waals surface area (Å²) in [6.07, 6.45) is 4.81. The second-order valence-electron chi connectivity index (χ2n) is 7.15. The Hall–Kier alpha value is -1.13. The third-order valence-corrected chi connectivity index (χ3v) is 6.04. The van der Waals surface area contributed by atoms with Gasteiger partial charge in [0.05, 0.1) is 15.6 Å². The molecule has 2 aromatic rings. The number of hydrogen-bond donors (Lipinski definition) is 2. The minimum absolute atomic E-state index is 0.0713. The second kappa shape index (κ2) is 8.71. The number of halogens is 3. The van der Waals surface area contributed by atoms with Gasteiger partial charge in [-0.15, -0.1) is 0 Å². The Morgan fingerprint density at radius 2 is 1.69 bits per heavy atom. The average molecular weight is 396 g/mol. The molecule has 0 heterocycles. The van der Waals surface area contributed by atoms with Crippen molar-refractivity contribution < 1.29 is 9.50 Å². The SMILES string of the molecule is OC1(C(CNCc2ccc(F)cc2)c2ccc(Cl)c(Cl)c2)CCCCC1. The minimum Gasteiger partial charge on any atom is -0.389 e. The summed E-state index contributed by atoms with van der Waals surface area (Å²) in [6.45, 7) is 1.24. The Kier molecular flexibility index (Phi) is 6.57. The fourth-order valence-electron chi connectivity index (χ4n) is 3.82. The highest BCUT2D eigenvalue weighted by Crippen LogP contribution is 2.41. The molecule has 1 aliphatic carbocycles. The topological polar surface area (TPSA) is 32.3 Å². The number of rotatable bonds is 6. The van der Waals surface area contributed by atoms with E-state index in [0.717, 1.165) is 36.8 Å². The van der Waals surface area contributed by atoms with Crippen LogP contribution in [-0.4, -0.2) is 17.3 Å². The molecular weight excluding hydrogens is 372 g/mol. The maximum atomic E-state index is 13.0. The lowest BCUT2D eigenvalue weighted by molar-refractivity contribution is -0.0216. The number of benzene rings is 2. The molecule has 1 atom stereocenters. The predicted molar refractivity (Wildman–Crippen MR) is 105 cm³/mol. The van der Waals surface area contributed by atoms with E-state index in [1.54, 1.807) is 18.2 Å². The number of aliphatic hydroxyl groups is 1. The molecule has 26 heavy (non-hydrogen) atoms. The highest BCUT2D eigenvalue weighted by Gasteiger charge is 2.38. The first-order valence-corrected chi connectivity index (χ1v) is 9.86. The maximum Gasteiger partial charge on any atom is 0.123 e. The van der Waals surface area contributed by atoms with Gasteiger partial charge in [0.25, 0.3) is 0 Å². The Morgan fingerprint density at radius 3 is 2.35 bits per heavy atom. The van der Waals surface area contributed by atoms with Crippen LogP contribution in [0, 0.1) is 5.82 Å². The van der Waals surface area contributed by atoms with Gasteiger partial charge in [-0.1, -0.05) is 60.7 Å². The summed E-state index contributed by atoms with van der Waals surface area (Å²) < 4.78 is 13.0. The summed E-state index contributed by atoms with van der Waals surface area (Å²) in [5, 5.41) is 15.8. The van der Waals surface area contributed by atoms with E-state index < -0.39 is 5.60 Å². The third-order valence-electron chi connectivity index (χ3n) is 5.30. The van der Waals surface area contributed by atoms with Crippen LogP contribution in [0.25, 0.3) is 0 Å².